The molecule has 1 N–H and O–H groups in total. The Morgan fingerprint density at radius 1 is 0.933 bits per heavy atom. The summed E-state index contributed by atoms with van der Waals surface area (Å²) in [7, 11) is 0. The van der Waals surface area contributed by atoms with E-state index in [1.54, 1.807) is 42.5 Å². The maximum atomic E-state index is 13.4. The molecule has 0 aromatic heterocycles. The van der Waals surface area contributed by atoms with Crippen LogP contribution < -0.4 is 15.0 Å². The van der Waals surface area contributed by atoms with Crippen LogP contribution in [0.25, 0.3) is 0 Å². The number of hydrogen-bond donors (Lipinski definition) is 1. The number of carbonyl (C=O) groups excluding carboxylic acids is 2. The van der Waals surface area contributed by atoms with Crippen molar-refractivity contribution in [1.29, 1.82) is 0 Å². The van der Waals surface area contributed by atoms with E-state index in [4.69, 9.17) is 9.47 Å². The van der Waals surface area contributed by atoms with Gasteiger partial charge in [0, 0.05) is 18.8 Å². The Balaban J connectivity index is 1.44. The number of para-hydroxylation sites is 1. The second-order valence-corrected chi connectivity index (χ2v) is 11.7. The van der Waals surface area contributed by atoms with Crippen LogP contribution in [0.5, 0.6) is 5.75 Å². The molecular formula is C35H43N3O7. The van der Waals surface area contributed by atoms with Gasteiger partial charge in [-0.2, -0.15) is 0 Å². The molecule has 0 unspecified atom stereocenters. The van der Waals surface area contributed by atoms with Crippen molar-refractivity contribution in [1.82, 2.24) is 5.32 Å². The second-order valence-electron chi connectivity index (χ2n) is 11.7. The van der Waals surface area contributed by atoms with Crippen LogP contribution >= 0.6 is 0 Å². The van der Waals surface area contributed by atoms with Crippen molar-refractivity contribution in [2.24, 2.45) is 5.92 Å². The number of ether oxygens (including phenoxy) is 2. The van der Waals surface area contributed by atoms with Crippen molar-refractivity contribution in [3.05, 3.63) is 105 Å². The molecule has 0 aliphatic carbocycles. The summed E-state index contributed by atoms with van der Waals surface area (Å²) in [5.74, 6) is 0.0482. The van der Waals surface area contributed by atoms with Gasteiger partial charge < -0.3 is 24.5 Å². The van der Waals surface area contributed by atoms with E-state index < -0.39 is 11.1 Å². The number of amides is 1. The maximum absolute atomic E-state index is 13.4. The van der Waals surface area contributed by atoms with E-state index in [0.29, 0.717) is 29.4 Å². The highest BCUT2D eigenvalue weighted by Crippen LogP contribution is 2.32. The fourth-order valence-electron chi connectivity index (χ4n) is 5.65. The first-order chi connectivity index (χ1) is 21.7. The molecule has 0 spiro atoms. The molecule has 3 aromatic rings. The van der Waals surface area contributed by atoms with Crippen LogP contribution in [0.2, 0.25) is 0 Å². The van der Waals surface area contributed by atoms with Gasteiger partial charge in [-0.25, -0.2) is 4.79 Å². The van der Waals surface area contributed by atoms with E-state index in [0.717, 1.165) is 30.6 Å². The number of carbonyl (C=O) groups is 2. The summed E-state index contributed by atoms with van der Waals surface area (Å²) in [6, 6.07) is 20.2. The molecule has 1 aliphatic heterocycles. The van der Waals surface area contributed by atoms with Crippen molar-refractivity contribution in [2.45, 2.75) is 72.1 Å². The minimum absolute atomic E-state index is 0.0308. The molecule has 1 saturated heterocycles. The first-order valence-electron chi connectivity index (χ1n) is 15.6. The average molecular weight is 618 g/mol. The van der Waals surface area contributed by atoms with Gasteiger partial charge in [0.2, 0.25) is 5.91 Å². The normalized spacial score (nSPS) is 13.6. The Hall–Kier alpha value is -4.60. The fraction of sp³-hybridized carbons (Fsp3) is 0.429. The lowest BCUT2D eigenvalue weighted by molar-refractivity contribution is -0.763. The van der Waals surface area contributed by atoms with Crippen LogP contribution in [0.15, 0.2) is 66.7 Å². The summed E-state index contributed by atoms with van der Waals surface area (Å²) >= 11 is 0. The van der Waals surface area contributed by atoms with Gasteiger partial charge in [-0.15, -0.1) is 10.1 Å². The lowest BCUT2D eigenvalue weighted by Gasteiger charge is -2.33. The molecule has 45 heavy (non-hydrogen) atoms. The van der Waals surface area contributed by atoms with Crippen molar-refractivity contribution in [3.63, 3.8) is 0 Å². The molecule has 1 heterocycles. The molecule has 1 atom stereocenters. The van der Waals surface area contributed by atoms with Gasteiger partial charge in [0.1, 0.15) is 24.5 Å². The first-order valence-corrected chi connectivity index (χ1v) is 15.6. The monoisotopic (exact) mass is 617 g/mol. The standard InChI is InChI=1S/C35H43N3O7/c1-4-43-33-21-26(15-16-30(33)35(40)44-23-27-11-10-12-28(20-27)24-45-38(41)42)22-34(39)36-31(19-25(2)3)29-13-6-7-14-32(29)37-17-8-5-9-18-37/h6-7,10-16,20-21,25,31H,4-5,8-9,17-19,22-24H2,1-3H3,(H,36,39)/t31-/m0/s1. The lowest BCUT2D eigenvalue weighted by Crippen LogP contribution is -2.34. The van der Waals surface area contributed by atoms with Gasteiger partial charge in [-0.1, -0.05) is 62.4 Å². The smallest absolute Gasteiger partial charge is 0.342 e. The molecule has 1 amide bonds. The second kappa shape index (κ2) is 16.5. The summed E-state index contributed by atoms with van der Waals surface area (Å²) < 4.78 is 11.3. The number of nitrogens with one attached hydrogen (secondary N) is 1. The topological polar surface area (TPSA) is 120 Å². The van der Waals surface area contributed by atoms with E-state index in [9.17, 15) is 19.7 Å². The number of benzene rings is 3. The first kappa shape index (κ1) is 33.3. The van der Waals surface area contributed by atoms with E-state index in [-0.39, 0.29) is 37.1 Å². The minimum atomic E-state index is -0.852. The van der Waals surface area contributed by atoms with Gasteiger partial charge >= 0.3 is 5.97 Å². The third kappa shape index (κ3) is 9.96. The SMILES string of the molecule is CCOc1cc(CC(=O)N[C@@H](CC(C)C)c2ccccc2N2CCCCC2)ccc1C(=O)OCc1cccc(CO[N+](=O)[O-])c1. The maximum Gasteiger partial charge on any atom is 0.342 e. The Kier molecular flexibility index (Phi) is 12.2. The van der Waals surface area contributed by atoms with Crippen LogP contribution in [-0.2, 0) is 34.0 Å². The number of rotatable bonds is 15. The summed E-state index contributed by atoms with van der Waals surface area (Å²) in [6.07, 6.45) is 4.56. The van der Waals surface area contributed by atoms with Gasteiger partial charge in [0.15, 0.2) is 0 Å². The zero-order valence-electron chi connectivity index (χ0n) is 26.3. The fourth-order valence-corrected chi connectivity index (χ4v) is 5.65. The molecule has 1 fully saturated rings. The van der Waals surface area contributed by atoms with Crippen LogP contribution in [-0.4, -0.2) is 36.7 Å². The Morgan fingerprint density at radius 3 is 2.38 bits per heavy atom. The van der Waals surface area contributed by atoms with Crippen molar-refractivity contribution in [2.75, 3.05) is 24.6 Å². The predicted molar refractivity (Wildman–Crippen MR) is 172 cm³/mol. The summed E-state index contributed by atoms with van der Waals surface area (Å²) in [5, 5.41) is 12.9. The van der Waals surface area contributed by atoms with Gasteiger partial charge in [-0.05, 0) is 79.0 Å². The number of nitrogens with zero attached hydrogens (tertiary/aromatic N) is 2. The lowest BCUT2D eigenvalue weighted by atomic mass is 9.94. The van der Waals surface area contributed by atoms with Crippen molar-refractivity contribution in [3.8, 4) is 5.75 Å². The number of piperidine rings is 1. The number of esters is 1. The Morgan fingerprint density at radius 2 is 1.67 bits per heavy atom. The largest absolute Gasteiger partial charge is 0.493 e. The summed E-state index contributed by atoms with van der Waals surface area (Å²) in [5.41, 5.74) is 4.56. The highest BCUT2D eigenvalue weighted by Gasteiger charge is 2.23. The highest BCUT2D eigenvalue weighted by atomic mass is 16.9. The third-order valence-electron chi connectivity index (χ3n) is 7.68. The van der Waals surface area contributed by atoms with Crippen molar-refractivity contribution >= 4 is 17.6 Å². The molecule has 240 valence electrons. The molecule has 0 radical (unpaired) electrons. The van der Waals surface area contributed by atoms with Gasteiger partial charge in [-0.3, -0.25) is 4.79 Å². The predicted octanol–water partition coefficient (Wildman–Crippen LogP) is 6.59. The number of anilines is 1. The summed E-state index contributed by atoms with van der Waals surface area (Å²) in [4.78, 5) is 43.8. The van der Waals surface area contributed by atoms with Crippen LogP contribution in [0.1, 0.15) is 85.1 Å². The highest BCUT2D eigenvalue weighted by molar-refractivity contribution is 5.93. The van der Waals surface area contributed by atoms with E-state index in [1.807, 2.05) is 13.0 Å². The summed E-state index contributed by atoms with van der Waals surface area (Å²) in [6.45, 7) is 8.31. The Labute approximate surface area is 264 Å². The molecular weight excluding hydrogens is 574 g/mol. The molecule has 0 bridgehead atoms. The zero-order valence-corrected chi connectivity index (χ0v) is 26.3. The average Bonchev–Trinajstić information content (AvgIpc) is 3.03. The van der Waals surface area contributed by atoms with Crippen LogP contribution in [0.4, 0.5) is 5.69 Å². The quantitative estimate of drug-likeness (QED) is 0.115. The van der Waals surface area contributed by atoms with Crippen molar-refractivity contribution < 1.29 is 29.0 Å². The molecule has 10 heteroatoms. The van der Waals surface area contributed by atoms with E-state index in [1.165, 1.54) is 24.9 Å². The van der Waals surface area contributed by atoms with E-state index >= 15 is 0 Å². The minimum Gasteiger partial charge on any atom is -0.493 e. The zero-order chi connectivity index (χ0) is 32.2. The Bertz CT molecular complexity index is 1450. The molecule has 10 nitrogen and oxygen atoms in total. The molecule has 4 rings (SSSR count). The van der Waals surface area contributed by atoms with Gasteiger partial charge in [0.05, 0.1) is 19.1 Å². The number of hydrogen-bond acceptors (Lipinski definition) is 8. The molecule has 3 aromatic carbocycles. The van der Waals surface area contributed by atoms with Crippen LogP contribution in [0, 0.1) is 16.0 Å². The van der Waals surface area contributed by atoms with E-state index in [2.05, 4.69) is 47.1 Å². The van der Waals surface area contributed by atoms with Gasteiger partial charge in [0.25, 0.3) is 5.09 Å². The third-order valence-corrected chi connectivity index (χ3v) is 7.68. The molecule has 0 saturated carbocycles. The van der Waals surface area contributed by atoms with Crippen LogP contribution in [0.3, 0.4) is 0 Å². The molecule has 1 aliphatic rings.